The second kappa shape index (κ2) is 10.9. The summed E-state index contributed by atoms with van der Waals surface area (Å²) in [7, 11) is 0. The van der Waals surface area contributed by atoms with Gasteiger partial charge in [0, 0.05) is 23.4 Å². The van der Waals surface area contributed by atoms with Crippen molar-refractivity contribution in [2.75, 3.05) is 6.54 Å². The summed E-state index contributed by atoms with van der Waals surface area (Å²) in [6, 6.07) is 10.1. The van der Waals surface area contributed by atoms with Crippen molar-refractivity contribution < 1.29 is 36.6 Å². The molecular weight excluding hydrogens is 553 g/mol. The lowest BCUT2D eigenvalue weighted by molar-refractivity contribution is -0.228. The summed E-state index contributed by atoms with van der Waals surface area (Å²) in [5.74, 6) is -1.62. The molecule has 42 heavy (non-hydrogen) atoms. The molecule has 228 valence electrons. The molecule has 3 atom stereocenters. The molecule has 0 radical (unpaired) electrons. The zero-order valence-corrected chi connectivity index (χ0v) is 24.1. The van der Waals surface area contributed by atoms with E-state index in [1.165, 1.54) is 24.3 Å². The van der Waals surface area contributed by atoms with Crippen molar-refractivity contribution in [3.63, 3.8) is 0 Å². The van der Waals surface area contributed by atoms with Gasteiger partial charge in [-0.15, -0.1) is 0 Å². The number of carbonyl (C=O) groups is 2. The molecule has 1 N–H and O–H groups in total. The van der Waals surface area contributed by atoms with Crippen LogP contribution in [0.2, 0.25) is 0 Å². The van der Waals surface area contributed by atoms with Crippen molar-refractivity contribution in [1.82, 2.24) is 4.90 Å². The van der Waals surface area contributed by atoms with Gasteiger partial charge in [0.15, 0.2) is 0 Å². The Morgan fingerprint density at radius 2 is 1.67 bits per heavy atom. The first-order valence-electron chi connectivity index (χ1n) is 14.9. The van der Waals surface area contributed by atoms with Crippen molar-refractivity contribution in [2.45, 2.75) is 101 Å². The second-order valence-electron chi connectivity index (χ2n) is 12.8. The third-order valence-electron chi connectivity index (χ3n) is 10.4. The van der Waals surface area contributed by atoms with Gasteiger partial charge < -0.3 is 10.0 Å². The average molecular weight is 592 g/mol. The number of likely N-dealkylation sites (tertiary alicyclic amines) is 1. The highest BCUT2D eigenvalue weighted by atomic mass is 19.4. The van der Waals surface area contributed by atoms with E-state index in [1.54, 1.807) is 18.2 Å². The minimum absolute atomic E-state index is 0.0349. The van der Waals surface area contributed by atoms with Gasteiger partial charge in [0.1, 0.15) is 5.82 Å². The molecule has 2 aromatic carbocycles. The number of hydrogen-bond acceptors (Lipinski definition) is 2. The maximum atomic E-state index is 15.0. The number of rotatable bonds is 7. The van der Waals surface area contributed by atoms with Crippen LogP contribution in [-0.4, -0.2) is 40.6 Å². The van der Waals surface area contributed by atoms with Crippen LogP contribution in [0.5, 0.6) is 0 Å². The van der Waals surface area contributed by atoms with E-state index in [0.717, 1.165) is 17.5 Å². The molecule has 1 amide bonds. The van der Waals surface area contributed by atoms with E-state index in [1.807, 2.05) is 11.8 Å². The van der Waals surface area contributed by atoms with Crippen LogP contribution in [0.15, 0.2) is 42.5 Å². The largest absolute Gasteiger partial charge is 0.481 e. The first kappa shape index (κ1) is 30.5. The quantitative estimate of drug-likeness (QED) is 0.337. The normalized spacial score (nSPS) is 29.0. The highest BCUT2D eigenvalue weighted by Crippen LogP contribution is 2.53. The molecule has 1 saturated heterocycles. The molecule has 5 rings (SSSR count). The zero-order valence-electron chi connectivity index (χ0n) is 24.1. The van der Waals surface area contributed by atoms with E-state index in [4.69, 9.17) is 0 Å². The van der Waals surface area contributed by atoms with E-state index < -0.39 is 40.1 Å². The topological polar surface area (TPSA) is 57.6 Å². The minimum atomic E-state index is -5.06. The standard InChI is InChI=1S/C33H38F5NO3/c1-3-14-31(15-12-22(13-16-31)28(40)41)29(42)39-18-17-32(20-21-4-8-25(34)9-5-21)26-10-7-24(30(2,35)33(36,37)38)19-23(26)6-11-27(32)39/h4-5,7-10,19,22,27H,3,6,11-18,20H2,1-2H3,(H,40,41)/t22?,27-,30?,31?,32-/m1/s1. The monoisotopic (exact) mass is 591 g/mol. The molecule has 2 aliphatic carbocycles. The van der Waals surface area contributed by atoms with Gasteiger partial charge in [-0.3, -0.25) is 9.59 Å². The summed E-state index contributed by atoms with van der Waals surface area (Å²) in [5.41, 5.74) is -2.88. The van der Waals surface area contributed by atoms with Crippen LogP contribution >= 0.6 is 0 Å². The highest BCUT2D eigenvalue weighted by Gasteiger charge is 2.57. The fraction of sp³-hybridized carbons (Fsp3) is 0.576. The van der Waals surface area contributed by atoms with Gasteiger partial charge in [-0.05, 0) is 99.1 Å². The summed E-state index contributed by atoms with van der Waals surface area (Å²) in [6.45, 7) is 3.02. The third-order valence-corrected chi connectivity index (χ3v) is 10.4. The molecule has 1 aliphatic heterocycles. The number of aryl methyl sites for hydroxylation is 1. The molecule has 1 saturated carbocycles. The van der Waals surface area contributed by atoms with E-state index in [-0.39, 0.29) is 17.8 Å². The first-order chi connectivity index (χ1) is 19.7. The van der Waals surface area contributed by atoms with Crippen molar-refractivity contribution in [3.8, 4) is 0 Å². The molecule has 9 heteroatoms. The van der Waals surface area contributed by atoms with Crippen LogP contribution in [0.3, 0.4) is 0 Å². The average Bonchev–Trinajstić information content (AvgIpc) is 3.32. The number of nitrogens with zero attached hydrogens (tertiary/aromatic N) is 1. The number of halogens is 5. The number of carbonyl (C=O) groups excluding carboxylic acids is 1. The number of aliphatic carboxylic acids is 1. The van der Waals surface area contributed by atoms with Gasteiger partial charge in [0.2, 0.25) is 11.6 Å². The number of benzene rings is 2. The number of alkyl halides is 4. The Balaban J connectivity index is 1.54. The van der Waals surface area contributed by atoms with E-state index in [9.17, 15) is 36.6 Å². The molecule has 0 bridgehead atoms. The predicted octanol–water partition coefficient (Wildman–Crippen LogP) is 7.66. The van der Waals surface area contributed by atoms with Crippen LogP contribution in [-0.2, 0) is 33.5 Å². The van der Waals surface area contributed by atoms with Gasteiger partial charge in [0.05, 0.1) is 5.92 Å². The molecule has 2 fully saturated rings. The van der Waals surface area contributed by atoms with Crippen LogP contribution in [0.4, 0.5) is 22.0 Å². The molecule has 2 aromatic rings. The van der Waals surface area contributed by atoms with Gasteiger partial charge in [0.25, 0.3) is 0 Å². The van der Waals surface area contributed by atoms with Crippen LogP contribution in [0.25, 0.3) is 0 Å². The Morgan fingerprint density at radius 3 is 2.26 bits per heavy atom. The number of fused-ring (bicyclic) bond motifs is 3. The predicted molar refractivity (Wildman–Crippen MR) is 148 cm³/mol. The molecule has 3 aliphatic rings. The minimum Gasteiger partial charge on any atom is -0.481 e. The Labute approximate surface area is 243 Å². The van der Waals surface area contributed by atoms with Crippen LogP contribution in [0, 0.1) is 17.2 Å². The number of amides is 1. The van der Waals surface area contributed by atoms with Crippen molar-refractivity contribution in [1.29, 1.82) is 0 Å². The van der Waals surface area contributed by atoms with Gasteiger partial charge >= 0.3 is 12.1 Å². The maximum absolute atomic E-state index is 15.0. The summed E-state index contributed by atoms with van der Waals surface area (Å²) in [4.78, 5) is 28.0. The lowest BCUT2D eigenvalue weighted by Gasteiger charge is -2.47. The fourth-order valence-electron chi connectivity index (χ4n) is 8.00. The van der Waals surface area contributed by atoms with Crippen molar-refractivity contribution >= 4 is 11.9 Å². The lowest BCUT2D eigenvalue weighted by atomic mass is 9.63. The fourth-order valence-corrected chi connectivity index (χ4v) is 8.00. The Bertz CT molecular complexity index is 1330. The smallest absolute Gasteiger partial charge is 0.426 e. The van der Waals surface area contributed by atoms with Crippen molar-refractivity contribution in [3.05, 3.63) is 70.5 Å². The van der Waals surface area contributed by atoms with E-state index in [2.05, 4.69) is 0 Å². The summed E-state index contributed by atoms with van der Waals surface area (Å²) < 4.78 is 69.4. The number of carboxylic acid groups (broad SMARTS) is 1. The zero-order chi connectivity index (χ0) is 30.5. The molecular formula is C33H38F5NO3. The van der Waals surface area contributed by atoms with Gasteiger partial charge in [-0.1, -0.05) is 43.7 Å². The van der Waals surface area contributed by atoms with Crippen LogP contribution < -0.4 is 0 Å². The van der Waals surface area contributed by atoms with Gasteiger partial charge in [-0.25, -0.2) is 8.78 Å². The van der Waals surface area contributed by atoms with E-state index in [0.29, 0.717) is 76.8 Å². The van der Waals surface area contributed by atoms with E-state index >= 15 is 0 Å². The Hall–Kier alpha value is -2.97. The summed E-state index contributed by atoms with van der Waals surface area (Å²) in [5, 5.41) is 9.54. The lowest BCUT2D eigenvalue weighted by Crippen LogP contribution is -2.53. The SMILES string of the molecule is CCCC1(C(=O)N2CC[C@@]3(Cc4ccc(F)cc4)c4ccc(C(C)(F)C(F)(F)F)cc4CC[C@@H]23)CCC(C(=O)O)CC1. The highest BCUT2D eigenvalue weighted by molar-refractivity contribution is 5.84. The Morgan fingerprint density at radius 1 is 1.00 bits per heavy atom. The molecule has 0 spiro atoms. The number of carboxylic acids is 1. The second-order valence-corrected chi connectivity index (χ2v) is 12.8. The molecule has 1 unspecified atom stereocenters. The Kier molecular flexibility index (Phi) is 7.94. The summed E-state index contributed by atoms with van der Waals surface area (Å²) >= 11 is 0. The van der Waals surface area contributed by atoms with Gasteiger partial charge in [-0.2, -0.15) is 13.2 Å². The first-order valence-corrected chi connectivity index (χ1v) is 14.9. The molecule has 0 aromatic heterocycles. The number of hydrogen-bond donors (Lipinski definition) is 1. The van der Waals surface area contributed by atoms with Crippen LogP contribution in [0.1, 0.15) is 87.5 Å². The van der Waals surface area contributed by atoms with Crippen molar-refractivity contribution in [2.24, 2.45) is 11.3 Å². The maximum Gasteiger partial charge on any atom is 0.426 e. The summed E-state index contributed by atoms with van der Waals surface area (Å²) in [6.07, 6.45) is 0.259. The molecule has 4 nitrogen and oxygen atoms in total. The third kappa shape index (κ3) is 5.11. The molecule has 1 heterocycles.